The molecule has 112 valence electrons. The Hall–Kier alpha value is -2.11. The molecule has 0 aliphatic heterocycles. The molecule has 1 aromatic carbocycles. The lowest BCUT2D eigenvalue weighted by Gasteiger charge is -2.16. The molecule has 1 fully saturated rings. The Bertz CT molecular complexity index is 622. The van der Waals surface area contributed by atoms with E-state index in [-0.39, 0.29) is 11.9 Å². The molecule has 1 aliphatic carbocycles. The van der Waals surface area contributed by atoms with Crippen LogP contribution in [0.4, 0.5) is 15.8 Å². The van der Waals surface area contributed by atoms with E-state index in [1.54, 1.807) is 6.07 Å². The molecule has 0 radical (unpaired) electrons. The molecule has 2 N–H and O–H groups in total. The normalized spacial score (nSPS) is 14.5. The third kappa shape index (κ3) is 3.32. The molecule has 0 unspecified atom stereocenters. The van der Waals surface area contributed by atoms with Crippen molar-refractivity contribution in [3.8, 4) is 0 Å². The maximum atomic E-state index is 14.0. The van der Waals surface area contributed by atoms with Crippen molar-refractivity contribution in [2.45, 2.75) is 45.2 Å². The lowest BCUT2D eigenvalue weighted by Crippen LogP contribution is -2.13. The molecule has 0 saturated heterocycles. The Morgan fingerprint density at radius 2 is 2.19 bits per heavy atom. The number of halogens is 1. The van der Waals surface area contributed by atoms with E-state index in [1.807, 2.05) is 19.9 Å². The van der Waals surface area contributed by atoms with Crippen LogP contribution in [0.25, 0.3) is 0 Å². The Morgan fingerprint density at radius 3 is 2.90 bits per heavy atom. The zero-order chi connectivity index (χ0) is 14.8. The van der Waals surface area contributed by atoms with Crippen LogP contribution in [0.1, 0.15) is 44.3 Å². The lowest BCUT2D eigenvalue weighted by molar-refractivity contribution is 0.374. The molecule has 0 amide bonds. The summed E-state index contributed by atoms with van der Waals surface area (Å²) in [7, 11) is 0. The van der Waals surface area contributed by atoms with E-state index in [1.165, 1.54) is 6.07 Å². The molecule has 5 nitrogen and oxygen atoms in total. The molecular weight excluding hydrogens is 271 g/mol. The fraction of sp³-hybridized carbons (Fsp3) is 0.467. The van der Waals surface area contributed by atoms with Gasteiger partial charge in [0.2, 0.25) is 5.89 Å². The van der Waals surface area contributed by atoms with Crippen molar-refractivity contribution >= 4 is 11.4 Å². The summed E-state index contributed by atoms with van der Waals surface area (Å²) in [6.45, 7) is 4.36. The number of aromatic nitrogens is 2. The predicted octanol–water partition coefficient (Wildman–Crippen LogP) is 3.52. The van der Waals surface area contributed by atoms with Crippen LogP contribution in [0.15, 0.2) is 22.7 Å². The Morgan fingerprint density at radius 1 is 1.38 bits per heavy atom. The Kier molecular flexibility index (Phi) is 3.77. The Labute approximate surface area is 122 Å². The molecule has 1 aromatic heterocycles. The average molecular weight is 290 g/mol. The minimum atomic E-state index is -0.299. The summed E-state index contributed by atoms with van der Waals surface area (Å²) in [6.07, 6.45) is 2.23. The van der Waals surface area contributed by atoms with Gasteiger partial charge in [-0.05, 0) is 38.8 Å². The van der Waals surface area contributed by atoms with Gasteiger partial charge in [0.05, 0.1) is 17.9 Å². The van der Waals surface area contributed by atoms with Crippen LogP contribution < -0.4 is 10.6 Å². The van der Waals surface area contributed by atoms with Crippen LogP contribution in [-0.4, -0.2) is 16.2 Å². The standard InChI is InChI=1S/C15H19FN4O/c1-9(2)18-12-5-3-4-11(16)14(12)17-8-13-19-15(21-20-13)10-6-7-10/h3-5,9-10,17-18H,6-8H2,1-2H3. The summed E-state index contributed by atoms with van der Waals surface area (Å²) in [6, 6.07) is 5.18. The van der Waals surface area contributed by atoms with Crippen molar-refractivity contribution in [3.63, 3.8) is 0 Å². The topological polar surface area (TPSA) is 63.0 Å². The van der Waals surface area contributed by atoms with E-state index in [0.717, 1.165) is 18.5 Å². The fourth-order valence-corrected chi connectivity index (χ4v) is 2.14. The molecule has 21 heavy (non-hydrogen) atoms. The van der Waals surface area contributed by atoms with Crippen molar-refractivity contribution in [1.82, 2.24) is 10.1 Å². The number of rotatable bonds is 6. The number of hydrogen-bond acceptors (Lipinski definition) is 5. The highest BCUT2D eigenvalue weighted by Gasteiger charge is 2.29. The van der Waals surface area contributed by atoms with E-state index in [4.69, 9.17) is 4.52 Å². The summed E-state index contributed by atoms with van der Waals surface area (Å²) in [5.74, 6) is 1.38. The molecule has 1 heterocycles. The van der Waals surface area contributed by atoms with Crippen molar-refractivity contribution in [1.29, 1.82) is 0 Å². The minimum absolute atomic E-state index is 0.221. The second kappa shape index (κ2) is 5.71. The number of nitrogens with zero attached hydrogens (tertiary/aromatic N) is 2. The number of benzene rings is 1. The van der Waals surface area contributed by atoms with Gasteiger partial charge in [0, 0.05) is 12.0 Å². The highest BCUT2D eigenvalue weighted by atomic mass is 19.1. The fourth-order valence-electron chi connectivity index (χ4n) is 2.14. The van der Waals surface area contributed by atoms with Gasteiger partial charge in [-0.3, -0.25) is 0 Å². The second-order valence-electron chi connectivity index (χ2n) is 5.64. The molecule has 0 bridgehead atoms. The summed E-state index contributed by atoms with van der Waals surface area (Å²) in [5.41, 5.74) is 1.17. The van der Waals surface area contributed by atoms with E-state index >= 15 is 0 Å². The highest BCUT2D eigenvalue weighted by Crippen LogP contribution is 2.38. The van der Waals surface area contributed by atoms with Gasteiger partial charge >= 0.3 is 0 Å². The first-order valence-corrected chi connectivity index (χ1v) is 7.25. The van der Waals surface area contributed by atoms with E-state index < -0.39 is 0 Å². The number of para-hydroxylation sites is 1. The van der Waals surface area contributed by atoms with Gasteiger partial charge in [-0.25, -0.2) is 4.39 Å². The summed E-state index contributed by atoms with van der Waals surface area (Å²) in [5, 5.41) is 10.2. The van der Waals surface area contributed by atoms with Gasteiger partial charge in [-0.1, -0.05) is 11.2 Å². The van der Waals surface area contributed by atoms with Gasteiger partial charge in [-0.15, -0.1) is 0 Å². The predicted molar refractivity (Wildman–Crippen MR) is 78.8 cm³/mol. The van der Waals surface area contributed by atoms with Crippen molar-refractivity contribution in [3.05, 3.63) is 35.7 Å². The van der Waals surface area contributed by atoms with E-state index in [9.17, 15) is 4.39 Å². The van der Waals surface area contributed by atoms with Crippen molar-refractivity contribution in [2.75, 3.05) is 10.6 Å². The molecule has 6 heteroatoms. The van der Waals surface area contributed by atoms with E-state index in [0.29, 0.717) is 29.9 Å². The zero-order valence-corrected chi connectivity index (χ0v) is 12.2. The Balaban J connectivity index is 1.71. The number of anilines is 2. The quantitative estimate of drug-likeness (QED) is 0.852. The molecule has 0 atom stereocenters. The third-order valence-corrected chi connectivity index (χ3v) is 3.29. The first-order chi connectivity index (χ1) is 10.1. The molecule has 1 aliphatic rings. The van der Waals surface area contributed by atoms with Crippen molar-refractivity contribution in [2.24, 2.45) is 0 Å². The number of nitrogens with one attached hydrogen (secondary N) is 2. The van der Waals surface area contributed by atoms with Crippen LogP contribution in [0, 0.1) is 5.82 Å². The molecular formula is C15H19FN4O. The minimum Gasteiger partial charge on any atom is -0.381 e. The van der Waals surface area contributed by atoms with Gasteiger partial charge in [-0.2, -0.15) is 4.98 Å². The summed E-state index contributed by atoms with van der Waals surface area (Å²) in [4.78, 5) is 4.32. The van der Waals surface area contributed by atoms with Crippen LogP contribution >= 0.6 is 0 Å². The molecule has 0 spiro atoms. The maximum absolute atomic E-state index is 14.0. The second-order valence-corrected chi connectivity index (χ2v) is 5.64. The monoisotopic (exact) mass is 290 g/mol. The number of hydrogen-bond donors (Lipinski definition) is 2. The molecule has 3 rings (SSSR count). The van der Waals surface area contributed by atoms with Gasteiger partial charge in [0.25, 0.3) is 0 Å². The molecule has 2 aromatic rings. The maximum Gasteiger partial charge on any atom is 0.229 e. The van der Waals surface area contributed by atoms with Gasteiger partial charge < -0.3 is 15.2 Å². The highest BCUT2D eigenvalue weighted by molar-refractivity contribution is 5.69. The van der Waals surface area contributed by atoms with Crippen molar-refractivity contribution < 1.29 is 8.91 Å². The smallest absolute Gasteiger partial charge is 0.229 e. The lowest BCUT2D eigenvalue weighted by atomic mass is 10.2. The van der Waals surface area contributed by atoms with Crippen LogP contribution in [0.5, 0.6) is 0 Å². The molecule has 1 saturated carbocycles. The largest absolute Gasteiger partial charge is 0.381 e. The first-order valence-electron chi connectivity index (χ1n) is 7.25. The van der Waals surface area contributed by atoms with Crippen LogP contribution in [-0.2, 0) is 6.54 Å². The average Bonchev–Trinajstić information content (AvgIpc) is 3.17. The zero-order valence-electron chi connectivity index (χ0n) is 12.2. The van der Waals surface area contributed by atoms with Crippen LogP contribution in [0.3, 0.4) is 0 Å². The van der Waals surface area contributed by atoms with Gasteiger partial charge in [0.1, 0.15) is 5.82 Å². The summed E-state index contributed by atoms with van der Waals surface area (Å²) < 4.78 is 19.2. The SMILES string of the molecule is CC(C)Nc1cccc(F)c1NCc1noc(C2CC2)n1. The summed E-state index contributed by atoms with van der Waals surface area (Å²) >= 11 is 0. The first kappa shape index (κ1) is 13.9. The van der Waals surface area contributed by atoms with Crippen LogP contribution in [0.2, 0.25) is 0 Å². The third-order valence-electron chi connectivity index (χ3n) is 3.29. The van der Waals surface area contributed by atoms with E-state index in [2.05, 4.69) is 20.8 Å². The van der Waals surface area contributed by atoms with Gasteiger partial charge in [0.15, 0.2) is 5.82 Å².